The molecule has 2 heterocycles. The molecule has 0 bridgehead atoms. The molecule has 1 saturated heterocycles. The minimum Gasteiger partial charge on any atom is -0.362 e. The van der Waals surface area contributed by atoms with E-state index >= 15 is 0 Å². The molecule has 2 aromatic carbocycles. The van der Waals surface area contributed by atoms with Crippen LogP contribution in [0.5, 0.6) is 0 Å². The third kappa shape index (κ3) is 3.62. The maximum absolute atomic E-state index is 12.5. The van der Waals surface area contributed by atoms with Gasteiger partial charge in [0, 0.05) is 22.8 Å². The zero-order valence-electron chi connectivity index (χ0n) is 14.3. The number of hydrogen-bond acceptors (Lipinski definition) is 5. The van der Waals surface area contributed by atoms with Crippen LogP contribution in [-0.2, 0) is 14.8 Å². The highest BCUT2D eigenvalue weighted by Crippen LogP contribution is 2.22. The van der Waals surface area contributed by atoms with Crippen LogP contribution in [0.1, 0.15) is 10.4 Å². The Labute approximate surface area is 156 Å². The number of aromatic nitrogens is 1. The Kier molecular flexibility index (Phi) is 4.51. The summed E-state index contributed by atoms with van der Waals surface area (Å²) >= 11 is 0. The second-order valence-corrected chi connectivity index (χ2v) is 7.96. The van der Waals surface area contributed by atoms with E-state index in [4.69, 9.17) is 4.74 Å². The Balaban J connectivity index is 1.52. The summed E-state index contributed by atoms with van der Waals surface area (Å²) in [6, 6.07) is 15.7. The second kappa shape index (κ2) is 6.98. The van der Waals surface area contributed by atoms with Gasteiger partial charge in [-0.05, 0) is 48.5 Å². The second-order valence-electron chi connectivity index (χ2n) is 6.12. The molecule has 0 atom stereocenters. The summed E-state index contributed by atoms with van der Waals surface area (Å²) in [6.07, 6.45) is 1.72. The van der Waals surface area contributed by atoms with Gasteiger partial charge in [0.15, 0.2) is 5.94 Å². The molecular formula is C19H17N3O4S. The molecule has 138 valence electrons. The smallest absolute Gasteiger partial charge is 0.259 e. The summed E-state index contributed by atoms with van der Waals surface area (Å²) in [7, 11) is -3.47. The number of carbonyl (C=O) groups excluding carboxylic acids is 1. The molecule has 1 aliphatic rings. The number of hydrogen-bond donors (Lipinski definition) is 1. The number of benzene rings is 2. The van der Waals surface area contributed by atoms with E-state index < -0.39 is 10.0 Å². The molecule has 0 spiro atoms. The lowest BCUT2D eigenvalue weighted by Gasteiger charge is -2.28. The maximum atomic E-state index is 12.5. The molecule has 1 fully saturated rings. The Morgan fingerprint density at radius 2 is 1.93 bits per heavy atom. The van der Waals surface area contributed by atoms with Gasteiger partial charge in [-0.3, -0.25) is 14.1 Å². The summed E-state index contributed by atoms with van der Waals surface area (Å²) in [6.45, 7) is 0.608. The van der Waals surface area contributed by atoms with Crippen molar-refractivity contribution in [3.8, 4) is 0 Å². The molecule has 1 aliphatic heterocycles. The van der Waals surface area contributed by atoms with Gasteiger partial charge in [-0.2, -0.15) is 0 Å². The van der Waals surface area contributed by atoms with Crippen LogP contribution in [0.15, 0.2) is 60.8 Å². The Morgan fingerprint density at radius 1 is 1.11 bits per heavy atom. The molecule has 27 heavy (non-hydrogen) atoms. The molecule has 0 aliphatic carbocycles. The Morgan fingerprint density at radius 3 is 2.70 bits per heavy atom. The SMILES string of the molecule is O=C(Nc1ccc2ncccc2c1)c1ccc(N2CCOCS2(=O)=O)cc1. The lowest BCUT2D eigenvalue weighted by Crippen LogP contribution is -2.41. The van der Waals surface area contributed by atoms with Crippen molar-refractivity contribution in [2.24, 2.45) is 0 Å². The van der Waals surface area contributed by atoms with Crippen LogP contribution in [-0.4, -0.2) is 38.4 Å². The summed E-state index contributed by atoms with van der Waals surface area (Å²) in [5, 5.41) is 3.78. The zero-order chi connectivity index (χ0) is 18.9. The molecule has 0 saturated carbocycles. The fraction of sp³-hybridized carbons (Fsp3) is 0.158. The first kappa shape index (κ1) is 17.4. The van der Waals surface area contributed by atoms with Crippen LogP contribution in [0.25, 0.3) is 10.9 Å². The number of anilines is 2. The van der Waals surface area contributed by atoms with Crippen LogP contribution in [0.4, 0.5) is 11.4 Å². The molecular weight excluding hydrogens is 366 g/mol. The number of carbonyl (C=O) groups is 1. The highest BCUT2D eigenvalue weighted by molar-refractivity contribution is 7.92. The standard InChI is InChI=1S/C19H17N3O4S/c23-19(21-16-5-8-18-15(12-16)2-1-9-20-18)14-3-6-17(7-4-14)22-10-11-26-13-27(22,24)25/h1-9,12H,10-11,13H2,(H,21,23). The average Bonchev–Trinajstić information content (AvgIpc) is 2.68. The minimum atomic E-state index is -3.47. The van der Waals surface area contributed by atoms with Gasteiger partial charge in [-0.1, -0.05) is 6.07 Å². The van der Waals surface area contributed by atoms with Gasteiger partial charge >= 0.3 is 0 Å². The number of rotatable bonds is 3. The lowest BCUT2D eigenvalue weighted by molar-refractivity contribution is 0.102. The Hall–Kier alpha value is -2.97. The van der Waals surface area contributed by atoms with E-state index in [0.717, 1.165) is 10.9 Å². The molecule has 0 radical (unpaired) electrons. The topological polar surface area (TPSA) is 88.6 Å². The molecule has 1 N–H and O–H groups in total. The number of amides is 1. The average molecular weight is 383 g/mol. The fourth-order valence-corrected chi connectivity index (χ4v) is 4.19. The largest absolute Gasteiger partial charge is 0.362 e. The van der Waals surface area contributed by atoms with Crippen molar-refractivity contribution < 1.29 is 17.9 Å². The van der Waals surface area contributed by atoms with Crippen molar-refractivity contribution in [2.45, 2.75) is 0 Å². The molecule has 1 aromatic heterocycles. The van der Waals surface area contributed by atoms with Crippen molar-refractivity contribution in [1.82, 2.24) is 4.98 Å². The number of nitrogens with one attached hydrogen (secondary N) is 1. The summed E-state index contributed by atoms with van der Waals surface area (Å²) in [5.74, 6) is -0.596. The molecule has 3 aromatic rings. The Bertz CT molecular complexity index is 1100. The van der Waals surface area contributed by atoms with Gasteiger partial charge in [0.25, 0.3) is 15.9 Å². The number of sulfonamides is 1. The lowest BCUT2D eigenvalue weighted by atomic mass is 10.1. The predicted molar refractivity (Wildman–Crippen MR) is 103 cm³/mol. The quantitative estimate of drug-likeness (QED) is 0.751. The summed E-state index contributed by atoms with van der Waals surface area (Å²) in [5.41, 5.74) is 2.48. The summed E-state index contributed by atoms with van der Waals surface area (Å²) in [4.78, 5) is 16.7. The number of fused-ring (bicyclic) bond motifs is 1. The summed E-state index contributed by atoms with van der Waals surface area (Å²) < 4.78 is 30.4. The van der Waals surface area contributed by atoms with E-state index in [1.165, 1.54) is 4.31 Å². The van der Waals surface area contributed by atoms with Crippen molar-refractivity contribution in [3.63, 3.8) is 0 Å². The van der Waals surface area contributed by atoms with Crippen LogP contribution in [0.2, 0.25) is 0 Å². The van der Waals surface area contributed by atoms with Crippen molar-refractivity contribution in [2.75, 3.05) is 28.7 Å². The van der Waals surface area contributed by atoms with Crippen molar-refractivity contribution in [1.29, 1.82) is 0 Å². The van der Waals surface area contributed by atoms with E-state index in [9.17, 15) is 13.2 Å². The first-order valence-corrected chi connectivity index (χ1v) is 9.98. The number of pyridine rings is 1. The number of nitrogens with zero attached hydrogens (tertiary/aromatic N) is 2. The first-order valence-electron chi connectivity index (χ1n) is 8.37. The highest BCUT2D eigenvalue weighted by Gasteiger charge is 2.26. The van der Waals surface area contributed by atoms with Crippen LogP contribution >= 0.6 is 0 Å². The van der Waals surface area contributed by atoms with Gasteiger partial charge < -0.3 is 10.1 Å². The maximum Gasteiger partial charge on any atom is 0.259 e. The van der Waals surface area contributed by atoms with E-state index in [0.29, 0.717) is 23.5 Å². The zero-order valence-corrected chi connectivity index (χ0v) is 15.1. The first-order chi connectivity index (χ1) is 13.0. The molecule has 0 unspecified atom stereocenters. The van der Waals surface area contributed by atoms with Gasteiger partial charge in [0.2, 0.25) is 0 Å². The van der Waals surface area contributed by atoms with Crippen LogP contribution in [0.3, 0.4) is 0 Å². The molecule has 7 nitrogen and oxygen atoms in total. The molecule has 4 rings (SSSR count). The predicted octanol–water partition coefficient (Wildman–Crippen LogP) is 2.61. The third-order valence-corrected chi connectivity index (χ3v) is 5.81. The highest BCUT2D eigenvalue weighted by atomic mass is 32.2. The van der Waals surface area contributed by atoms with E-state index in [1.807, 2.05) is 24.3 Å². The molecule has 8 heteroatoms. The molecule has 1 amide bonds. The van der Waals surface area contributed by atoms with E-state index in [1.54, 1.807) is 36.5 Å². The van der Waals surface area contributed by atoms with Gasteiger partial charge in [0.1, 0.15) is 0 Å². The fourth-order valence-electron chi connectivity index (χ4n) is 2.94. The minimum absolute atomic E-state index is 0.263. The van der Waals surface area contributed by atoms with Crippen LogP contribution in [0, 0.1) is 0 Å². The number of ether oxygens (including phenoxy) is 1. The monoisotopic (exact) mass is 383 g/mol. The normalized spacial score (nSPS) is 16.2. The van der Waals surface area contributed by atoms with E-state index in [2.05, 4.69) is 10.3 Å². The third-order valence-electron chi connectivity index (χ3n) is 4.29. The van der Waals surface area contributed by atoms with Crippen molar-refractivity contribution >= 4 is 38.2 Å². The van der Waals surface area contributed by atoms with Gasteiger partial charge in [0.05, 0.1) is 24.4 Å². The van der Waals surface area contributed by atoms with Gasteiger partial charge in [-0.15, -0.1) is 0 Å². The van der Waals surface area contributed by atoms with Crippen LogP contribution < -0.4 is 9.62 Å². The van der Waals surface area contributed by atoms with Gasteiger partial charge in [-0.25, -0.2) is 8.42 Å². The van der Waals surface area contributed by atoms with Crippen molar-refractivity contribution in [3.05, 3.63) is 66.4 Å². The van der Waals surface area contributed by atoms with E-state index in [-0.39, 0.29) is 18.4 Å².